The molecular weight excluding hydrogens is 257 g/mol. The zero-order chi connectivity index (χ0) is 14.3. The van der Waals surface area contributed by atoms with Crippen LogP contribution >= 0.6 is 0 Å². The molecule has 2 saturated heterocycles. The summed E-state index contributed by atoms with van der Waals surface area (Å²) < 4.78 is 18.1. The fourth-order valence-electron chi connectivity index (χ4n) is 3.98. The minimum Gasteiger partial charge on any atom is -0.469 e. The van der Waals surface area contributed by atoms with Gasteiger partial charge in [-0.2, -0.15) is 0 Å². The van der Waals surface area contributed by atoms with Gasteiger partial charge >= 0.3 is 5.97 Å². The lowest BCUT2D eigenvalue weighted by Crippen LogP contribution is -2.49. The summed E-state index contributed by atoms with van der Waals surface area (Å²) in [5.74, 6) is -0.387. The van der Waals surface area contributed by atoms with Crippen LogP contribution in [0.1, 0.15) is 30.7 Å². The van der Waals surface area contributed by atoms with Gasteiger partial charge in [0, 0.05) is 18.0 Å². The Kier molecular flexibility index (Phi) is 3.50. The molecule has 0 aliphatic carbocycles. The molecule has 3 rings (SSSR count). The lowest BCUT2D eigenvalue weighted by Gasteiger charge is -2.41. The van der Waals surface area contributed by atoms with E-state index in [4.69, 9.17) is 4.74 Å². The molecular formula is C16H20FNO2. The summed E-state index contributed by atoms with van der Waals surface area (Å²) in [5, 5.41) is 0. The van der Waals surface area contributed by atoms with E-state index >= 15 is 0 Å². The number of halogens is 1. The quantitative estimate of drug-likeness (QED) is 0.778. The molecule has 2 fully saturated rings. The molecule has 2 heterocycles. The molecule has 1 aromatic carbocycles. The first-order valence-electron chi connectivity index (χ1n) is 7.17. The monoisotopic (exact) mass is 277 g/mol. The van der Waals surface area contributed by atoms with E-state index in [9.17, 15) is 9.18 Å². The van der Waals surface area contributed by atoms with E-state index in [-0.39, 0.29) is 29.7 Å². The largest absolute Gasteiger partial charge is 0.469 e. The maximum absolute atomic E-state index is 13.1. The van der Waals surface area contributed by atoms with Crippen molar-refractivity contribution in [2.24, 2.45) is 5.92 Å². The lowest BCUT2D eigenvalue weighted by molar-refractivity contribution is -0.150. The molecule has 20 heavy (non-hydrogen) atoms. The number of benzene rings is 1. The number of esters is 1. The van der Waals surface area contributed by atoms with E-state index in [1.807, 2.05) is 0 Å². The third-order valence-electron chi connectivity index (χ3n) is 5.04. The highest BCUT2D eigenvalue weighted by molar-refractivity contribution is 5.75. The first kappa shape index (κ1) is 13.6. The smallest absolute Gasteiger partial charge is 0.310 e. The van der Waals surface area contributed by atoms with Crippen LogP contribution in [0, 0.1) is 11.7 Å². The Morgan fingerprint density at radius 2 is 2.00 bits per heavy atom. The molecule has 0 N–H and O–H groups in total. The number of methoxy groups -OCH3 is 1. The van der Waals surface area contributed by atoms with E-state index in [1.165, 1.54) is 19.2 Å². The molecule has 2 aliphatic heterocycles. The van der Waals surface area contributed by atoms with Crippen molar-refractivity contribution in [1.82, 2.24) is 4.90 Å². The predicted octanol–water partition coefficient (Wildman–Crippen LogP) is 2.57. The average Bonchev–Trinajstić information content (AvgIpc) is 2.70. The SMILES string of the molecule is COC(=O)[C@@H]1[C@@H](c2ccc(F)cc2)C[C@H]2CC[C@@H]1N2C. The van der Waals surface area contributed by atoms with Crippen LogP contribution in [0.3, 0.4) is 0 Å². The van der Waals surface area contributed by atoms with Crippen molar-refractivity contribution in [2.45, 2.75) is 37.3 Å². The molecule has 2 aliphatic rings. The highest BCUT2D eigenvalue weighted by atomic mass is 19.1. The fraction of sp³-hybridized carbons (Fsp3) is 0.562. The molecule has 0 unspecified atom stereocenters. The normalized spacial score (nSPS) is 33.1. The van der Waals surface area contributed by atoms with Crippen LogP contribution in [0.4, 0.5) is 4.39 Å². The Balaban J connectivity index is 1.95. The van der Waals surface area contributed by atoms with Crippen molar-refractivity contribution < 1.29 is 13.9 Å². The van der Waals surface area contributed by atoms with Gasteiger partial charge in [0.15, 0.2) is 0 Å². The molecule has 3 nitrogen and oxygen atoms in total. The third kappa shape index (κ3) is 2.12. The van der Waals surface area contributed by atoms with Gasteiger partial charge < -0.3 is 4.74 Å². The predicted molar refractivity (Wildman–Crippen MR) is 73.8 cm³/mol. The van der Waals surface area contributed by atoms with E-state index in [1.54, 1.807) is 12.1 Å². The maximum atomic E-state index is 13.1. The van der Waals surface area contributed by atoms with Crippen molar-refractivity contribution in [1.29, 1.82) is 0 Å². The number of nitrogens with zero attached hydrogens (tertiary/aromatic N) is 1. The molecule has 0 spiro atoms. The zero-order valence-corrected chi connectivity index (χ0v) is 11.9. The summed E-state index contributed by atoms with van der Waals surface area (Å²) in [6.45, 7) is 0. The Hall–Kier alpha value is -1.42. The van der Waals surface area contributed by atoms with Crippen molar-refractivity contribution >= 4 is 5.97 Å². The minimum absolute atomic E-state index is 0.136. The number of rotatable bonds is 2. The first-order valence-corrected chi connectivity index (χ1v) is 7.17. The van der Waals surface area contributed by atoms with Crippen LogP contribution in [0.25, 0.3) is 0 Å². The number of ether oxygens (including phenoxy) is 1. The Bertz CT molecular complexity index is 502. The Morgan fingerprint density at radius 1 is 1.30 bits per heavy atom. The molecule has 108 valence electrons. The lowest BCUT2D eigenvalue weighted by atomic mass is 9.76. The fourth-order valence-corrected chi connectivity index (χ4v) is 3.98. The van der Waals surface area contributed by atoms with Gasteiger partial charge in [-0.25, -0.2) is 4.39 Å². The topological polar surface area (TPSA) is 29.5 Å². The summed E-state index contributed by atoms with van der Waals surface area (Å²) in [4.78, 5) is 14.5. The van der Waals surface area contributed by atoms with E-state index in [2.05, 4.69) is 11.9 Å². The molecule has 1 aromatic rings. The number of piperidine rings is 1. The van der Waals surface area contributed by atoms with Crippen molar-refractivity contribution in [3.63, 3.8) is 0 Å². The van der Waals surface area contributed by atoms with E-state index < -0.39 is 0 Å². The highest BCUT2D eigenvalue weighted by Gasteiger charge is 2.49. The molecule has 0 aromatic heterocycles. The summed E-state index contributed by atoms with van der Waals surface area (Å²) in [7, 11) is 3.55. The standard InChI is InChI=1S/C16H20FNO2/c1-18-12-7-8-14(18)15(16(19)20-2)13(9-12)10-3-5-11(17)6-4-10/h3-6,12-15H,7-9H2,1-2H3/t12-,13-,14+,15-/m1/s1. The number of fused-ring (bicyclic) bond motifs is 2. The van der Waals surface area contributed by atoms with Crippen molar-refractivity contribution in [3.8, 4) is 0 Å². The van der Waals surface area contributed by atoms with Gasteiger partial charge in [-0.3, -0.25) is 9.69 Å². The summed E-state index contributed by atoms with van der Waals surface area (Å²) >= 11 is 0. The van der Waals surface area contributed by atoms with Gasteiger partial charge in [-0.15, -0.1) is 0 Å². The summed E-state index contributed by atoms with van der Waals surface area (Å²) in [6.07, 6.45) is 3.11. The Labute approximate surface area is 118 Å². The first-order chi connectivity index (χ1) is 9.61. The summed E-state index contributed by atoms with van der Waals surface area (Å²) in [6, 6.07) is 7.34. The third-order valence-corrected chi connectivity index (χ3v) is 5.04. The number of hydrogen-bond acceptors (Lipinski definition) is 3. The molecule has 2 bridgehead atoms. The highest BCUT2D eigenvalue weighted by Crippen LogP contribution is 2.46. The molecule has 4 atom stereocenters. The van der Waals surface area contributed by atoms with Crippen LogP contribution in [0.15, 0.2) is 24.3 Å². The second-order valence-corrected chi connectivity index (χ2v) is 5.91. The van der Waals surface area contributed by atoms with Crippen LogP contribution in [0.5, 0.6) is 0 Å². The number of hydrogen-bond donors (Lipinski definition) is 0. The summed E-state index contributed by atoms with van der Waals surface area (Å²) in [5.41, 5.74) is 1.05. The van der Waals surface area contributed by atoms with Crippen LogP contribution < -0.4 is 0 Å². The number of carbonyl (C=O) groups excluding carboxylic acids is 1. The zero-order valence-electron chi connectivity index (χ0n) is 11.9. The van der Waals surface area contributed by atoms with Gasteiger partial charge in [-0.1, -0.05) is 12.1 Å². The van der Waals surface area contributed by atoms with Crippen molar-refractivity contribution in [3.05, 3.63) is 35.6 Å². The van der Waals surface area contributed by atoms with Gasteiger partial charge in [-0.05, 0) is 44.0 Å². The minimum atomic E-state index is -0.237. The van der Waals surface area contributed by atoms with E-state index in [0.29, 0.717) is 6.04 Å². The van der Waals surface area contributed by atoms with Crippen molar-refractivity contribution in [2.75, 3.05) is 14.2 Å². The van der Waals surface area contributed by atoms with E-state index in [0.717, 1.165) is 24.8 Å². The molecule has 4 heteroatoms. The maximum Gasteiger partial charge on any atom is 0.310 e. The second kappa shape index (κ2) is 5.17. The van der Waals surface area contributed by atoms with Gasteiger partial charge in [0.2, 0.25) is 0 Å². The molecule has 0 amide bonds. The number of carbonyl (C=O) groups is 1. The average molecular weight is 277 g/mol. The Morgan fingerprint density at radius 3 is 2.65 bits per heavy atom. The van der Waals surface area contributed by atoms with Gasteiger partial charge in [0.25, 0.3) is 0 Å². The van der Waals surface area contributed by atoms with Crippen LogP contribution in [-0.2, 0) is 9.53 Å². The van der Waals surface area contributed by atoms with Gasteiger partial charge in [0.05, 0.1) is 13.0 Å². The molecule has 0 saturated carbocycles. The van der Waals surface area contributed by atoms with Gasteiger partial charge in [0.1, 0.15) is 5.82 Å². The van der Waals surface area contributed by atoms with Crippen LogP contribution in [-0.4, -0.2) is 37.1 Å². The van der Waals surface area contributed by atoms with Crippen LogP contribution in [0.2, 0.25) is 0 Å². The molecule has 0 radical (unpaired) electrons. The second-order valence-electron chi connectivity index (χ2n) is 5.91.